The smallest absolute Gasteiger partial charge is 0.220 e. The van der Waals surface area contributed by atoms with Crippen molar-refractivity contribution in [1.29, 1.82) is 0 Å². The van der Waals surface area contributed by atoms with Crippen molar-refractivity contribution in [1.82, 2.24) is 5.32 Å². The molecule has 14 heteroatoms. The third-order valence-electron chi connectivity index (χ3n) is 19.8. The van der Waals surface area contributed by atoms with Crippen LogP contribution in [0.25, 0.3) is 0 Å². The standard InChI is InChI=1S/C76H149NO13/c1-3-5-7-9-11-13-15-17-19-21-23-25-27-29-31-32-34-36-38-40-42-44-46-48-50-52-54-56-58-60-68(81)77-64(63-87-75-73(86)71(84)74(67(62-79)89-75)90-76-72(85)70(83)69(82)66(61-78)88-76)65(80)59-57-55-53-51-49-47-45-43-41-39-37-35-33-30-28-26-24-22-20-18-16-14-12-10-8-6-4-2/h64-67,69-76,78-80,82-86H,3-63H2,1-2H3,(H,77,81). The molecule has 12 unspecified atom stereocenters. The Balaban J connectivity index is 1.61. The van der Waals surface area contributed by atoms with Crippen LogP contribution in [0.15, 0.2) is 0 Å². The molecule has 0 bridgehead atoms. The number of carbonyl (C=O) groups is 1. The number of amides is 1. The minimum absolute atomic E-state index is 0.195. The maximum Gasteiger partial charge on any atom is 0.220 e. The van der Waals surface area contributed by atoms with E-state index in [2.05, 4.69) is 19.2 Å². The van der Waals surface area contributed by atoms with E-state index in [0.29, 0.717) is 12.8 Å². The van der Waals surface area contributed by atoms with Gasteiger partial charge in [0.05, 0.1) is 32.0 Å². The zero-order valence-electron chi connectivity index (χ0n) is 58.7. The monoisotopic (exact) mass is 1280 g/mol. The fraction of sp³-hybridized carbons (Fsp3) is 0.987. The molecule has 2 aliphatic heterocycles. The highest BCUT2D eigenvalue weighted by Crippen LogP contribution is 2.30. The van der Waals surface area contributed by atoms with Gasteiger partial charge in [0.2, 0.25) is 5.91 Å². The van der Waals surface area contributed by atoms with Crippen LogP contribution < -0.4 is 5.32 Å². The van der Waals surface area contributed by atoms with Gasteiger partial charge in [-0.1, -0.05) is 367 Å². The van der Waals surface area contributed by atoms with Gasteiger partial charge in [0, 0.05) is 6.42 Å². The number of hydrogen-bond donors (Lipinski definition) is 9. The molecule has 2 saturated heterocycles. The first-order valence-electron chi connectivity index (χ1n) is 39.3. The Kier molecular flexibility index (Phi) is 58.2. The van der Waals surface area contributed by atoms with E-state index in [1.807, 2.05) is 0 Å². The summed E-state index contributed by atoms with van der Waals surface area (Å²) in [6, 6.07) is -0.825. The second kappa shape index (κ2) is 61.6. The second-order valence-corrected chi connectivity index (χ2v) is 28.2. The normalized spacial score (nSPS) is 22.8. The van der Waals surface area contributed by atoms with Crippen molar-refractivity contribution in [2.75, 3.05) is 19.8 Å². The second-order valence-electron chi connectivity index (χ2n) is 28.2. The molecule has 1 amide bonds. The summed E-state index contributed by atoms with van der Waals surface area (Å²) in [5.74, 6) is -0.195. The number of unbranched alkanes of at least 4 members (excludes halogenated alkanes) is 54. The number of aliphatic hydroxyl groups is 8. The van der Waals surface area contributed by atoms with Gasteiger partial charge < -0.3 is 65.1 Å². The molecule has 0 radical (unpaired) electrons. The Morgan fingerprint density at radius 3 is 0.944 bits per heavy atom. The third-order valence-corrected chi connectivity index (χ3v) is 19.8. The highest BCUT2D eigenvalue weighted by molar-refractivity contribution is 5.76. The average molecular weight is 1290 g/mol. The maximum atomic E-state index is 13.4. The first kappa shape index (κ1) is 85.1. The van der Waals surface area contributed by atoms with E-state index < -0.39 is 86.8 Å². The highest BCUT2D eigenvalue weighted by Gasteiger charge is 2.51. The van der Waals surface area contributed by atoms with Crippen molar-refractivity contribution in [3.05, 3.63) is 0 Å². The summed E-state index contributed by atoms with van der Waals surface area (Å²) in [4.78, 5) is 13.4. The lowest BCUT2D eigenvalue weighted by molar-refractivity contribution is -0.359. The Labute approximate surface area is 553 Å². The van der Waals surface area contributed by atoms with Gasteiger partial charge in [0.1, 0.15) is 48.8 Å². The number of hydrogen-bond acceptors (Lipinski definition) is 13. The largest absolute Gasteiger partial charge is 0.394 e. The van der Waals surface area contributed by atoms with Crippen LogP contribution in [0.5, 0.6) is 0 Å². The van der Waals surface area contributed by atoms with Gasteiger partial charge >= 0.3 is 0 Å². The maximum absolute atomic E-state index is 13.4. The van der Waals surface area contributed by atoms with E-state index in [9.17, 15) is 45.6 Å². The molecular formula is C76H149NO13. The molecule has 2 heterocycles. The molecule has 536 valence electrons. The molecule has 12 atom stereocenters. The van der Waals surface area contributed by atoms with Crippen LogP contribution in [0.3, 0.4) is 0 Å². The summed E-state index contributed by atoms with van der Waals surface area (Å²) < 4.78 is 23.0. The molecule has 0 aliphatic carbocycles. The van der Waals surface area contributed by atoms with Crippen molar-refractivity contribution >= 4 is 5.91 Å². The molecule has 2 rings (SSSR count). The van der Waals surface area contributed by atoms with Gasteiger partial charge in [-0.2, -0.15) is 0 Å². The molecular weight excluding hydrogens is 1130 g/mol. The topological polar surface area (TPSA) is 228 Å². The zero-order chi connectivity index (χ0) is 65.2. The lowest BCUT2D eigenvalue weighted by Crippen LogP contribution is -2.65. The van der Waals surface area contributed by atoms with Crippen LogP contribution >= 0.6 is 0 Å². The molecule has 9 N–H and O–H groups in total. The number of rotatable bonds is 67. The molecule has 0 aromatic rings. The lowest BCUT2D eigenvalue weighted by Gasteiger charge is -2.46. The summed E-state index contributed by atoms with van der Waals surface area (Å²) in [5.41, 5.74) is 0. The lowest BCUT2D eigenvalue weighted by atomic mass is 9.97. The third kappa shape index (κ3) is 44.7. The predicted octanol–water partition coefficient (Wildman–Crippen LogP) is 17.1. The van der Waals surface area contributed by atoms with Gasteiger partial charge in [-0.25, -0.2) is 0 Å². The van der Waals surface area contributed by atoms with Crippen LogP contribution in [-0.4, -0.2) is 140 Å². The van der Waals surface area contributed by atoms with Crippen LogP contribution in [0, 0.1) is 0 Å². The SMILES string of the molecule is CCCCCCCCCCCCCCCCCCCCCCCCCCCCCCCC(=O)NC(COC1OC(CO)C(OC2OC(CO)C(O)C(O)C2O)C(O)C1O)C(O)CCCCCCCCCCCCCCCCCCCCCCCCCCCCC. The van der Waals surface area contributed by atoms with E-state index in [4.69, 9.17) is 18.9 Å². The highest BCUT2D eigenvalue weighted by atomic mass is 16.7. The first-order chi connectivity index (χ1) is 44.1. The predicted molar refractivity (Wildman–Crippen MR) is 369 cm³/mol. The average Bonchev–Trinajstić information content (AvgIpc) is 1.26. The summed E-state index contributed by atoms with van der Waals surface area (Å²) in [7, 11) is 0. The van der Waals surface area contributed by atoms with Crippen molar-refractivity contribution in [2.45, 2.75) is 460 Å². The number of carbonyl (C=O) groups excluding carboxylic acids is 1. The summed E-state index contributed by atoms with van der Waals surface area (Å²) in [6.07, 6.45) is 58.5. The van der Waals surface area contributed by atoms with Crippen LogP contribution in [0.2, 0.25) is 0 Å². The first-order valence-corrected chi connectivity index (χ1v) is 39.3. The number of ether oxygens (including phenoxy) is 4. The molecule has 0 aromatic carbocycles. The van der Waals surface area contributed by atoms with E-state index in [0.717, 1.165) is 51.4 Å². The quantitative estimate of drug-likeness (QED) is 0.0259. The van der Waals surface area contributed by atoms with Gasteiger partial charge in [-0.15, -0.1) is 0 Å². The van der Waals surface area contributed by atoms with E-state index >= 15 is 0 Å². The summed E-state index contributed by atoms with van der Waals surface area (Å²) in [5, 5.41) is 87.8. The molecule has 14 nitrogen and oxygen atoms in total. The molecule has 0 saturated carbocycles. The molecule has 0 spiro atoms. The minimum Gasteiger partial charge on any atom is -0.394 e. The number of nitrogens with one attached hydrogen (secondary N) is 1. The Bertz CT molecular complexity index is 1510. The fourth-order valence-electron chi connectivity index (χ4n) is 13.6. The molecule has 2 aliphatic rings. The fourth-order valence-corrected chi connectivity index (χ4v) is 13.6. The van der Waals surface area contributed by atoms with Crippen molar-refractivity contribution in [3.63, 3.8) is 0 Å². The minimum atomic E-state index is -1.78. The summed E-state index contributed by atoms with van der Waals surface area (Å²) >= 11 is 0. The van der Waals surface area contributed by atoms with Gasteiger partial charge in [-0.3, -0.25) is 4.79 Å². The van der Waals surface area contributed by atoms with E-state index in [1.54, 1.807) is 0 Å². The Morgan fingerprint density at radius 1 is 0.356 bits per heavy atom. The van der Waals surface area contributed by atoms with E-state index in [1.165, 1.54) is 308 Å². The van der Waals surface area contributed by atoms with Crippen LogP contribution in [0.1, 0.15) is 386 Å². The van der Waals surface area contributed by atoms with Crippen LogP contribution in [-0.2, 0) is 23.7 Å². The zero-order valence-corrected chi connectivity index (χ0v) is 58.7. The van der Waals surface area contributed by atoms with Gasteiger partial charge in [0.15, 0.2) is 12.6 Å². The summed E-state index contributed by atoms with van der Waals surface area (Å²) in [6.45, 7) is 2.95. The van der Waals surface area contributed by atoms with Gasteiger partial charge in [-0.05, 0) is 12.8 Å². The van der Waals surface area contributed by atoms with Crippen molar-refractivity contribution < 1.29 is 64.6 Å². The Morgan fingerprint density at radius 2 is 0.633 bits per heavy atom. The molecule has 2 fully saturated rings. The van der Waals surface area contributed by atoms with Gasteiger partial charge in [0.25, 0.3) is 0 Å². The molecule has 0 aromatic heterocycles. The van der Waals surface area contributed by atoms with Crippen molar-refractivity contribution in [2.24, 2.45) is 0 Å². The number of aliphatic hydroxyl groups excluding tert-OH is 8. The molecule has 90 heavy (non-hydrogen) atoms. The Hall–Kier alpha value is -1.01. The van der Waals surface area contributed by atoms with Crippen molar-refractivity contribution in [3.8, 4) is 0 Å². The van der Waals surface area contributed by atoms with E-state index in [-0.39, 0.29) is 12.5 Å². The van der Waals surface area contributed by atoms with Crippen LogP contribution in [0.4, 0.5) is 0 Å².